The highest BCUT2D eigenvalue weighted by molar-refractivity contribution is 6.30. The van der Waals surface area contributed by atoms with Gasteiger partial charge in [-0.1, -0.05) is 48.7 Å². The lowest BCUT2D eigenvalue weighted by Crippen LogP contribution is -2.44. The number of unbranched alkanes of at least 4 members (excludes halogenated alkanes) is 1. The third-order valence-electron chi connectivity index (χ3n) is 5.28. The Balaban J connectivity index is 1.59. The SMILES string of the molecule is CCCCC1(c2ccc(F)cc2)NC(=O)N(Cc2nc(-c3ccc(Cl)cc3)no2)C1=O. The maximum atomic E-state index is 13.4. The molecule has 0 spiro atoms. The summed E-state index contributed by atoms with van der Waals surface area (Å²) in [5.41, 5.74) is -0.0180. The molecule has 1 atom stereocenters. The van der Waals surface area contributed by atoms with E-state index in [1.807, 2.05) is 6.92 Å². The van der Waals surface area contributed by atoms with Crippen LogP contribution in [0.1, 0.15) is 37.6 Å². The summed E-state index contributed by atoms with van der Waals surface area (Å²) in [6, 6.07) is 11.9. The highest BCUT2D eigenvalue weighted by Gasteiger charge is 2.52. The zero-order valence-electron chi connectivity index (χ0n) is 16.8. The third kappa shape index (κ3) is 4.03. The molecule has 4 rings (SSSR count). The molecule has 7 nitrogen and oxygen atoms in total. The molecule has 1 saturated heterocycles. The van der Waals surface area contributed by atoms with Crippen LogP contribution >= 0.6 is 11.6 Å². The van der Waals surface area contributed by atoms with E-state index < -0.39 is 23.3 Å². The van der Waals surface area contributed by atoms with E-state index >= 15 is 0 Å². The van der Waals surface area contributed by atoms with E-state index in [-0.39, 0.29) is 12.4 Å². The van der Waals surface area contributed by atoms with Crippen LogP contribution in [0, 0.1) is 5.82 Å². The Morgan fingerprint density at radius 1 is 1.13 bits per heavy atom. The monoisotopic (exact) mass is 442 g/mol. The molecule has 1 aliphatic heterocycles. The zero-order valence-corrected chi connectivity index (χ0v) is 17.5. The number of nitrogens with zero attached hydrogens (tertiary/aromatic N) is 3. The summed E-state index contributed by atoms with van der Waals surface area (Å²) < 4.78 is 18.7. The number of hydrogen-bond acceptors (Lipinski definition) is 5. The smallest absolute Gasteiger partial charge is 0.325 e. The van der Waals surface area contributed by atoms with Crippen molar-refractivity contribution < 1.29 is 18.5 Å². The molecule has 1 aromatic heterocycles. The van der Waals surface area contributed by atoms with E-state index in [1.54, 1.807) is 24.3 Å². The molecule has 0 saturated carbocycles. The molecular formula is C22H20ClFN4O3. The van der Waals surface area contributed by atoms with Gasteiger partial charge in [0.05, 0.1) is 0 Å². The minimum absolute atomic E-state index is 0.124. The van der Waals surface area contributed by atoms with Gasteiger partial charge < -0.3 is 9.84 Å². The Labute approximate surface area is 183 Å². The highest BCUT2D eigenvalue weighted by atomic mass is 35.5. The number of hydrogen-bond donors (Lipinski definition) is 1. The standard InChI is InChI=1S/C22H20ClFN4O3/c1-2-3-12-22(15-6-10-17(24)11-7-15)20(29)28(21(30)26-22)13-18-25-19(27-31-18)14-4-8-16(23)9-5-14/h4-11H,2-3,12-13H2,1H3,(H,26,30). The molecule has 0 radical (unpaired) electrons. The Hall–Kier alpha value is -3.26. The first-order valence-electron chi connectivity index (χ1n) is 9.91. The van der Waals surface area contributed by atoms with E-state index in [4.69, 9.17) is 16.1 Å². The van der Waals surface area contributed by atoms with Crippen molar-refractivity contribution in [1.82, 2.24) is 20.4 Å². The van der Waals surface area contributed by atoms with E-state index in [2.05, 4.69) is 15.5 Å². The molecule has 0 aliphatic carbocycles. The average Bonchev–Trinajstić information content (AvgIpc) is 3.32. The lowest BCUT2D eigenvalue weighted by atomic mass is 9.85. The van der Waals surface area contributed by atoms with Gasteiger partial charge in [-0.05, 0) is 48.4 Å². The average molecular weight is 443 g/mol. The maximum Gasteiger partial charge on any atom is 0.325 e. The van der Waals surface area contributed by atoms with E-state index in [1.165, 1.54) is 24.3 Å². The lowest BCUT2D eigenvalue weighted by molar-refractivity contribution is -0.132. The van der Waals surface area contributed by atoms with E-state index in [0.717, 1.165) is 11.3 Å². The van der Waals surface area contributed by atoms with Gasteiger partial charge in [-0.3, -0.25) is 9.69 Å². The molecule has 3 aromatic rings. The second-order valence-electron chi connectivity index (χ2n) is 7.36. The first kappa shape index (κ1) is 21.0. The first-order valence-corrected chi connectivity index (χ1v) is 10.3. The van der Waals surface area contributed by atoms with Gasteiger partial charge in [0.1, 0.15) is 17.9 Å². The molecule has 1 fully saturated rings. The fraction of sp³-hybridized carbons (Fsp3) is 0.273. The number of carbonyl (C=O) groups is 2. The van der Waals surface area contributed by atoms with Gasteiger partial charge in [-0.2, -0.15) is 4.98 Å². The highest BCUT2D eigenvalue weighted by Crippen LogP contribution is 2.35. The Morgan fingerprint density at radius 3 is 2.52 bits per heavy atom. The summed E-state index contributed by atoms with van der Waals surface area (Å²) in [6.45, 7) is 1.83. The van der Waals surface area contributed by atoms with Crippen molar-refractivity contribution in [3.8, 4) is 11.4 Å². The first-order chi connectivity index (χ1) is 14.9. The second kappa shape index (κ2) is 8.47. The van der Waals surface area contributed by atoms with Gasteiger partial charge >= 0.3 is 6.03 Å². The van der Waals surface area contributed by atoms with Crippen LogP contribution < -0.4 is 5.32 Å². The molecule has 1 aliphatic rings. The summed E-state index contributed by atoms with van der Waals surface area (Å²) >= 11 is 5.90. The van der Waals surface area contributed by atoms with Gasteiger partial charge in [0.25, 0.3) is 5.91 Å². The minimum atomic E-state index is -1.25. The number of urea groups is 1. The van der Waals surface area contributed by atoms with E-state index in [9.17, 15) is 14.0 Å². The maximum absolute atomic E-state index is 13.4. The molecule has 0 bridgehead atoms. The van der Waals surface area contributed by atoms with Crippen LogP contribution in [-0.4, -0.2) is 27.0 Å². The van der Waals surface area contributed by atoms with Crippen molar-refractivity contribution in [1.29, 1.82) is 0 Å². The van der Waals surface area contributed by atoms with Gasteiger partial charge in [0, 0.05) is 10.6 Å². The van der Waals surface area contributed by atoms with Crippen molar-refractivity contribution in [3.05, 3.63) is 70.8 Å². The number of imide groups is 1. The second-order valence-corrected chi connectivity index (χ2v) is 7.79. The Bertz CT molecular complexity index is 1100. The van der Waals surface area contributed by atoms with Gasteiger partial charge in [0.2, 0.25) is 11.7 Å². The number of amides is 3. The summed E-state index contributed by atoms with van der Waals surface area (Å²) in [6.07, 6.45) is 1.94. The van der Waals surface area contributed by atoms with Crippen molar-refractivity contribution >= 4 is 23.5 Å². The summed E-state index contributed by atoms with van der Waals surface area (Å²) in [5.74, 6) is -0.388. The minimum Gasteiger partial charge on any atom is -0.337 e. The molecular weight excluding hydrogens is 423 g/mol. The molecule has 2 aromatic carbocycles. The third-order valence-corrected chi connectivity index (χ3v) is 5.53. The van der Waals surface area contributed by atoms with Crippen LogP contribution in [0.15, 0.2) is 53.1 Å². The predicted octanol–water partition coefficient (Wildman–Crippen LogP) is 4.67. The number of carbonyl (C=O) groups excluding carboxylic acids is 2. The number of benzene rings is 2. The quantitative estimate of drug-likeness (QED) is 0.537. The fourth-order valence-corrected chi connectivity index (χ4v) is 3.75. The van der Waals surface area contributed by atoms with Gasteiger partial charge in [0.15, 0.2) is 0 Å². The number of halogens is 2. The van der Waals surface area contributed by atoms with Crippen LogP contribution in [0.4, 0.5) is 9.18 Å². The number of rotatable bonds is 7. The zero-order chi connectivity index (χ0) is 22.0. The molecule has 2 heterocycles. The molecule has 160 valence electrons. The Kier molecular flexibility index (Phi) is 5.73. The number of aromatic nitrogens is 2. The molecule has 3 amide bonds. The molecule has 1 unspecified atom stereocenters. The van der Waals surface area contributed by atoms with Crippen molar-refractivity contribution in [2.24, 2.45) is 0 Å². The number of nitrogens with one attached hydrogen (secondary N) is 1. The van der Waals surface area contributed by atoms with Crippen molar-refractivity contribution in [3.63, 3.8) is 0 Å². The van der Waals surface area contributed by atoms with Crippen LogP contribution in [0.5, 0.6) is 0 Å². The van der Waals surface area contributed by atoms with Crippen LogP contribution in [0.2, 0.25) is 5.02 Å². The van der Waals surface area contributed by atoms with Crippen molar-refractivity contribution in [2.45, 2.75) is 38.3 Å². The normalized spacial score (nSPS) is 18.5. The largest absolute Gasteiger partial charge is 0.337 e. The molecule has 1 N–H and O–H groups in total. The van der Waals surface area contributed by atoms with Crippen LogP contribution in [0.25, 0.3) is 11.4 Å². The Morgan fingerprint density at radius 2 is 1.84 bits per heavy atom. The van der Waals surface area contributed by atoms with Crippen molar-refractivity contribution in [2.75, 3.05) is 0 Å². The topological polar surface area (TPSA) is 88.3 Å². The van der Waals surface area contributed by atoms with Gasteiger partial charge in [-0.25, -0.2) is 9.18 Å². The summed E-state index contributed by atoms with van der Waals surface area (Å²) in [7, 11) is 0. The van der Waals surface area contributed by atoms with Gasteiger partial charge in [-0.15, -0.1) is 0 Å². The predicted molar refractivity (Wildman–Crippen MR) is 111 cm³/mol. The van der Waals surface area contributed by atoms with Crippen LogP contribution in [0.3, 0.4) is 0 Å². The summed E-state index contributed by atoms with van der Waals surface area (Å²) in [5, 5.41) is 7.31. The molecule has 9 heteroatoms. The molecule has 31 heavy (non-hydrogen) atoms. The van der Waals surface area contributed by atoms with E-state index in [0.29, 0.717) is 34.8 Å². The lowest BCUT2D eigenvalue weighted by Gasteiger charge is -2.27. The summed E-state index contributed by atoms with van der Waals surface area (Å²) in [4.78, 5) is 31.5. The fourth-order valence-electron chi connectivity index (χ4n) is 3.63. The van der Waals surface area contributed by atoms with Crippen LogP contribution in [-0.2, 0) is 16.9 Å².